The van der Waals surface area contributed by atoms with Crippen LogP contribution in [0.5, 0.6) is 0 Å². The maximum absolute atomic E-state index is 12.0. The minimum Gasteiger partial charge on any atom is -0.469 e. The van der Waals surface area contributed by atoms with Crippen LogP contribution in [-0.4, -0.2) is 79.2 Å². The Kier molecular flexibility index (Phi) is 5.05. The minimum atomic E-state index is -3.77. The molecule has 0 amide bonds. The van der Waals surface area contributed by atoms with Crippen molar-refractivity contribution in [3.63, 3.8) is 0 Å². The van der Waals surface area contributed by atoms with Gasteiger partial charge in [-0.1, -0.05) is 0 Å². The molecule has 1 fully saturated rings. The number of hydrogen-bond acceptors (Lipinski definition) is 6. The van der Waals surface area contributed by atoms with Crippen LogP contribution in [0.2, 0.25) is 0 Å². The molecule has 2 atom stereocenters. The number of aliphatic hydroxyl groups is 2. The molecule has 0 bridgehead atoms. The normalized spacial score (nSPS) is 25.6. The summed E-state index contributed by atoms with van der Waals surface area (Å²) in [6.07, 6.45) is -2.20. The largest absolute Gasteiger partial charge is 0.469 e. The maximum atomic E-state index is 12.0. The van der Waals surface area contributed by atoms with E-state index in [-0.39, 0.29) is 26.1 Å². The Morgan fingerprint density at radius 1 is 1.39 bits per heavy atom. The minimum absolute atomic E-state index is 0.0162. The second-order valence-corrected chi connectivity index (χ2v) is 6.14. The van der Waals surface area contributed by atoms with Crippen LogP contribution in [0.3, 0.4) is 0 Å². The third-order valence-corrected chi connectivity index (χ3v) is 4.73. The molecule has 106 valence electrons. The number of hydrogen-bond donors (Lipinski definition) is 2. The van der Waals surface area contributed by atoms with E-state index in [1.807, 2.05) is 0 Å². The number of nitrogens with zero attached hydrogens (tertiary/aromatic N) is 2. The number of esters is 1. The van der Waals surface area contributed by atoms with Crippen LogP contribution >= 0.6 is 0 Å². The molecule has 0 aromatic rings. The standard InChI is InChI=1S/C9H18N2O6S/c1-10(4-3-9(14)17-2)18(15,16)11-5-7(12)8(13)6-11/h7-8,12-13H,3-6H2,1-2H3. The number of carbonyl (C=O) groups excluding carboxylic acids is 1. The molecule has 9 heteroatoms. The number of rotatable bonds is 5. The van der Waals surface area contributed by atoms with Crippen LogP contribution in [0, 0.1) is 0 Å². The monoisotopic (exact) mass is 282 g/mol. The number of β-amino-alcohol motifs (C(OH)–C–C–N with tert-alkyl or cyclic N) is 2. The summed E-state index contributed by atoms with van der Waals surface area (Å²) in [5.74, 6) is -0.501. The number of methoxy groups -OCH3 is 1. The molecule has 0 spiro atoms. The molecule has 1 heterocycles. The Bertz CT molecular complexity index is 388. The topological polar surface area (TPSA) is 107 Å². The van der Waals surface area contributed by atoms with E-state index in [0.29, 0.717) is 0 Å². The van der Waals surface area contributed by atoms with E-state index in [4.69, 9.17) is 0 Å². The van der Waals surface area contributed by atoms with Crippen molar-refractivity contribution in [2.45, 2.75) is 18.6 Å². The highest BCUT2D eigenvalue weighted by atomic mass is 32.2. The molecule has 2 unspecified atom stereocenters. The summed E-state index contributed by atoms with van der Waals surface area (Å²) in [7, 11) is -1.21. The van der Waals surface area contributed by atoms with Gasteiger partial charge in [0.1, 0.15) is 0 Å². The fourth-order valence-corrected chi connectivity index (χ4v) is 2.99. The summed E-state index contributed by atoms with van der Waals surface area (Å²) in [4.78, 5) is 10.9. The van der Waals surface area contributed by atoms with Crippen LogP contribution in [0.25, 0.3) is 0 Å². The first kappa shape index (κ1) is 15.3. The average Bonchev–Trinajstić information content (AvgIpc) is 2.66. The Balaban J connectivity index is 2.61. The molecular weight excluding hydrogens is 264 g/mol. The summed E-state index contributed by atoms with van der Waals surface area (Å²) >= 11 is 0. The molecule has 0 aromatic heterocycles. The first-order valence-corrected chi connectivity index (χ1v) is 6.83. The van der Waals surface area contributed by atoms with Crippen molar-refractivity contribution in [3.8, 4) is 0 Å². The molecule has 1 aliphatic rings. The molecule has 18 heavy (non-hydrogen) atoms. The highest BCUT2D eigenvalue weighted by Crippen LogP contribution is 2.16. The molecule has 1 rings (SSSR count). The number of aliphatic hydroxyl groups excluding tert-OH is 2. The highest BCUT2D eigenvalue weighted by molar-refractivity contribution is 7.86. The van der Waals surface area contributed by atoms with Crippen molar-refractivity contribution >= 4 is 16.2 Å². The van der Waals surface area contributed by atoms with E-state index in [1.54, 1.807) is 0 Å². The first-order valence-electron chi connectivity index (χ1n) is 5.43. The highest BCUT2D eigenvalue weighted by Gasteiger charge is 2.38. The predicted octanol–water partition coefficient (Wildman–Crippen LogP) is -2.24. The van der Waals surface area contributed by atoms with Gasteiger partial charge in [0.05, 0.1) is 25.7 Å². The Hall–Kier alpha value is -0.740. The zero-order valence-corrected chi connectivity index (χ0v) is 11.1. The van der Waals surface area contributed by atoms with Crippen molar-refractivity contribution in [3.05, 3.63) is 0 Å². The average molecular weight is 282 g/mol. The predicted molar refractivity (Wildman–Crippen MR) is 61.8 cm³/mol. The van der Waals surface area contributed by atoms with Crippen LogP contribution in [0.1, 0.15) is 6.42 Å². The van der Waals surface area contributed by atoms with Crippen molar-refractivity contribution in [2.75, 3.05) is 33.8 Å². The molecule has 1 aliphatic heterocycles. The Morgan fingerprint density at radius 2 is 1.89 bits per heavy atom. The summed E-state index contributed by atoms with van der Waals surface area (Å²) in [6.45, 7) is -0.310. The summed E-state index contributed by atoms with van der Waals surface area (Å²) in [5, 5.41) is 18.6. The lowest BCUT2D eigenvalue weighted by Crippen LogP contribution is -2.42. The lowest BCUT2D eigenvalue weighted by Gasteiger charge is -2.23. The second-order valence-electron chi connectivity index (χ2n) is 4.11. The van der Waals surface area contributed by atoms with E-state index < -0.39 is 28.4 Å². The van der Waals surface area contributed by atoms with Gasteiger partial charge in [-0.25, -0.2) is 0 Å². The third kappa shape index (κ3) is 3.39. The lowest BCUT2D eigenvalue weighted by atomic mass is 10.3. The van der Waals surface area contributed by atoms with E-state index in [1.165, 1.54) is 14.2 Å². The van der Waals surface area contributed by atoms with Crippen molar-refractivity contribution in [1.29, 1.82) is 0 Å². The summed E-state index contributed by atoms with van der Waals surface area (Å²) in [5.41, 5.74) is 0. The molecule has 0 saturated carbocycles. The van der Waals surface area contributed by atoms with Crippen molar-refractivity contribution in [1.82, 2.24) is 8.61 Å². The lowest BCUT2D eigenvalue weighted by molar-refractivity contribution is -0.140. The van der Waals surface area contributed by atoms with Gasteiger partial charge in [-0.3, -0.25) is 4.79 Å². The SMILES string of the molecule is COC(=O)CCN(C)S(=O)(=O)N1CC(O)C(O)C1. The number of ether oxygens (including phenoxy) is 1. The maximum Gasteiger partial charge on any atom is 0.306 e. The van der Waals surface area contributed by atoms with Gasteiger partial charge in [0.15, 0.2) is 0 Å². The Morgan fingerprint density at radius 3 is 2.33 bits per heavy atom. The molecule has 0 aliphatic carbocycles. The van der Waals surface area contributed by atoms with Gasteiger partial charge < -0.3 is 14.9 Å². The smallest absolute Gasteiger partial charge is 0.306 e. The molecule has 8 nitrogen and oxygen atoms in total. The van der Waals surface area contributed by atoms with Crippen LogP contribution in [-0.2, 0) is 19.7 Å². The third-order valence-electron chi connectivity index (χ3n) is 2.80. The fraction of sp³-hybridized carbons (Fsp3) is 0.889. The number of carbonyl (C=O) groups is 1. The van der Waals surface area contributed by atoms with Crippen LogP contribution in [0.15, 0.2) is 0 Å². The fourth-order valence-electron chi connectivity index (χ4n) is 1.59. The van der Waals surface area contributed by atoms with Gasteiger partial charge in [0.2, 0.25) is 0 Å². The van der Waals surface area contributed by atoms with E-state index in [2.05, 4.69) is 4.74 Å². The van der Waals surface area contributed by atoms with Crippen molar-refractivity contribution < 1.29 is 28.2 Å². The van der Waals surface area contributed by atoms with Gasteiger partial charge in [-0.2, -0.15) is 17.0 Å². The second kappa shape index (κ2) is 5.93. The van der Waals surface area contributed by atoms with Crippen LogP contribution in [0.4, 0.5) is 0 Å². The quantitative estimate of drug-likeness (QED) is 0.552. The molecule has 0 aromatic carbocycles. The van der Waals surface area contributed by atoms with Crippen LogP contribution < -0.4 is 0 Å². The first-order chi connectivity index (χ1) is 8.28. The zero-order chi connectivity index (χ0) is 13.9. The molecular formula is C9H18N2O6S. The van der Waals surface area contributed by atoms with Crippen molar-refractivity contribution in [2.24, 2.45) is 0 Å². The van der Waals surface area contributed by atoms with Gasteiger partial charge in [0, 0.05) is 26.7 Å². The summed E-state index contributed by atoms with van der Waals surface area (Å²) < 4.78 is 30.4. The van der Waals surface area contributed by atoms with Gasteiger partial charge in [-0.05, 0) is 0 Å². The van der Waals surface area contributed by atoms with E-state index in [0.717, 1.165) is 8.61 Å². The molecule has 1 saturated heterocycles. The molecule has 2 N–H and O–H groups in total. The van der Waals surface area contributed by atoms with Gasteiger partial charge in [0.25, 0.3) is 10.2 Å². The van der Waals surface area contributed by atoms with Gasteiger partial charge >= 0.3 is 5.97 Å². The van der Waals surface area contributed by atoms with E-state index >= 15 is 0 Å². The Labute approximate surface area is 106 Å². The summed E-state index contributed by atoms with van der Waals surface area (Å²) in [6, 6.07) is 0. The van der Waals surface area contributed by atoms with E-state index in [9.17, 15) is 23.4 Å². The van der Waals surface area contributed by atoms with Gasteiger partial charge in [-0.15, -0.1) is 0 Å². The molecule has 0 radical (unpaired) electrons. The zero-order valence-electron chi connectivity index (χ0n) is 10.3.